The summed E-state index contributed by atoms with van der Waals surface area (Å²) in [6.07, 6.45) is -0.519. The van der Waals surface area contributed by atoms with Crippen molar-refractivity contribution in [3.8, 4) is 0 Å². The van der Waals surface area contributed by atoms with Crippen molar-refractivity contribution in [2.24, 2.45) is 0 Å². The first-order valence-corrected chi connectivity index (χ1v) is 8.68. The number of hydrogen-bond donors (Lipinski definition) is 2. The van der Waals surface area contributed by atoms with Crippen molar-refractivity contribution >= 4 is 17.8 Å². The molecule has 0 amide bonds. The molecule has 0 fully saturated rings. The topological polar surface area (TPSA) is 63.8 Å². The van der Waals surface area contributed by atoms with Gasteiger partial charge in [0.2, 0.25) is 5.95 Å². The number of benzene rings is 1. The standard InChI is InChI=1S/C20H25F3N4/c1-12(2)25-17-16(13(3)26-18(24)27-17)10-11-19(4,5)14-6-8-15(9-7-14)20(21,22)23/h6-12H,1-5H3,(H3,24,25,26,27)/b11-10+. The minimum absolute atomic E-state index is 0.161. The first-order valence-electron chi connectivity index (χ1n) is 8.68. The molecular weight excluding hydrogens is 353 g/mol. The minimum Gasteiger partial charge on any atom is -0.368 e. The van der Waals surface area contributed by atoms with Gasteiger partial charge in [-0.1, -0.05) is 38.1 Å². The number of nitrogen functional groups attached to an aromatic ring is 1. The molecule has 0 radical (unpaired) electrons. The number of allylic oxidation sites excluding steroid dienone is 1. The van der Waals surface area contributed by atoms with Crippen molar-refractivity contribution < 1.29 is 13.2 Å². The average Bonchev–Trinajstić information content (AvgIpc) is 2.52. The molecule has 2 rings (SSSR count). The van der Waals surface area contributed by atoms with Gasteiger partial charge in [0.05, 0.1) is 11.3 Å². The molecule has 27 heavy (non-hydrogen) atoms. The van der Waals surface area contributed by atoms with Crippen LogP contribution >= 0.6 is 0 Å². The summed E-state index contributed by atoms with van der Waals surface area (Å²) in [6, 6.07) is 5.39. The van der Waals surface area contributed by atoms with Gasteiger partial charge in [-0.3, -0.25) is 0 Å². The Bertz CT molecular complexity index is 822. The van der Waals surface area contributed by atoms with Crippen molar-refractivity contribution in [1.82, 2.24) is 9.97 Å². The van der Waals surface area contributed by atoms with Crippen molar-refractivity contribution in [2.45, 2.75) is 52.3 Å². The molecule has 0 aliphatic rings. The zero-order valence-electron chi connectivity index (χ0n) is 16.1. The number of aryl methyl sites for hydroxylation is 1. The number of rotatable bonds is 5. The highest BCUT2D eigenvalue weighted by molar-refractivity contribution is 5.67. The molecule has 2 aromatic rings. The molecular formula is C20H25F3N4. The molecule has 3 N–H and O–H groups in total. The van der Waals surface area contributed by atoms with E-state index in [1.165, 1.54) is 12.1 Å². The summed E-state index contributed by atoms with van der Waals surface area (Å²) >= 11 is 0. The van der Waals surface area contributed by atoms with Crippen LogP contribution in [0.2, 0.25) is 0 Å². The third kappa shape index (κ3) is 5.21. The third-order valence-electron chi connectivity index (χ3n) is 4.20. The second kappa shape index (κ2) is 7.58. The molecule has 0 saturated carbocycles. The quantitative estimate of drug-likeness (QED) is 0.751. The lowest BCUT2D eigenvalue weighted by Gasteiger charge is -2.22. The summed E-state index contributed by atoms with van der Waals surface area (Å²) in [6.45, 7) is 9.71. The molecule has 0 atom stereocenters. The largest absolute Gasteiger partial charge is 0.416 e. The molecule has 0 saturated heterocycles. The number of nitrogens with one attached hydrogen (secondary N) is 1. The number of nitrogens with zero attached hydrogens (tertiary/aromatic N) is 2. The van der Waals surface area contributed by atoms with Crippen LogP contribution in [0.15, 0.2) is 30.3 Å². The molecule has 0 aliphatic carbocycles. The van der Waals surface area contributed by atoms with Gasteiger partial charge < -0.3 is 11.1 Å². The van der Waals surface area contributed by atoms with Crippen molar-refractivity contribution in [3.05, 3.63) is 52.7 Å². The van der Waals surface area contributed by atoms with Crippen LogP contribution in [0.5, 0.6) is 0 Å². The Balaban J connectivity index is 2.36. The summed E-state index contributed by atoms with van der Waals surface area (Å²) < 4.78 is 38.3. The maximum Gasteiger partial charge on any atom is 0.416 e. The predicted octanol–water partition coefficient (Wildman–Crippen LogP) is 5.20. The van der Waals surface area contributed by atoms with Gasteiger partial charge in [0.25, 0.3) is 0 Å². The number of aromatic nitrogens is 2. The third-order valence-corrected chi connectivity index (χ3v) is 4.20. The Labute approximate surface area is 157 Å². The molecule has 146 valence electrons. The van der Waals surface area contributed by atoms with Crippen LogP contribution in [-0.4, -0.2) is 16.0 Å². The van der Waals surface area contributed by atoms with Crippen molar-refractivity contribution in [1.29, 1.82) is 0 Å². The van der Waals surface area contributed by atoms with E-state index in [9.17, 15) is 13.2 Å². The number of hydrogen-bond acceptors (Lipinski definition) is 4. The first kappa shape index (κ1) is 20.7. The van der Waals surface area contributed by atoms with Gasteiger partial charge in [0.15, 0.2) is 0 Å². The zero-order chi connectivity index (χ0) is 20.4. The molecule has 0 unspecified atom stereocenters. The van der Waals surface area contributed by atoms with E-state index in [1.54, 1.807) is 0 Å². The number of alkyl halides is 3. The number of halogens is 3. The Morgan fingerprint density at radius 3 is 2.11 bits per heavy atom. The lowest BCUT2D eigenvalue weighted by atomic mass is 9.83. The van der Waals surface area contributed by atoms with Crippen LogP contribution in [-0.2, 0) is 11.6 Å². The lowest BCUT2D eigenvalue weighted by molar-refractivity contribution is -0.137. The van der Waals surface area contributed by atoms with E-state index in [1.807, 2.05) is 46.8 Å². The molecule has 4 nitrogen and oxygen atoms in total. The molecule has 1 aromatic heterocycles. The fourth-order valence-corrected chi connectivity index (χ4v) is 2.66. The number of nitrogens with two attached hydrogens (primary N) is 1. The Hall–Kier alpha value is -2.57. The summed E-state index contributed by atoms with van der Waals surface area (Å²) in [5, 5.41) is 3.25. The minimum atomic E-state index is -4.34. The maximum absolute atomic E-state index is 12.8. The Morgan fingerprint density at radius 1 is 1.04 bits per heavy atom. The highest BCUT2D eigenvalue weighted by Crippen LogP contribution is 2.32. The van der Waals surface area contributed by atoms with Gasteiger partial charge in [-0.2, -0.15) is 18.2 Å². The molecule has 0 aliphatic heterocycles. The van der Waals surface area contributed by atoms with Crippen LogP contribution in [0.3, 0.4) is 0 Å². The Morgan fingerprint density at radius 2 is 1.59 bits per heavy atom. The smallest absolute Gasteiger partial charge is 0.368 e. The maximum atomic E-state index is 12.8. The van der Waals surface area contributed by atoms with E-state index >= 15 is 0 Å². The van der Waals surface area contributed by atoms with Gasteiger partial charge in [-0.25, -0.2) is 4.98 Å². The van der Waals surface area contributed by atoms with Crippen LogP contribution in [0.25, 0.3) is 6.08 Å². The summed E-state index contributed by atoms with van der Waals surface area (Å²) in [7, 11) is 0. The molecule has 7 heteroatoms. The summed E-state index contributed by atoms with van der Waals surface area (Å²) in [5.41, 5.74) is 6.92. The normalized spacial score (nSPS) is 12.8. The average molecular weight is 378 g/mol. The van der Waals surface area contributed by atoms with E-state index in [0.717, 1.165) is 29.0 Å². The number of anilines is 2. The second-order valence-electron chi connectivity index (χ2n) is 7.36. The highest BCUT2D eigenvalue weighted by atomic mass is 19.4. The lowest BCUT2D eigenvalue weighted by Crippen LogP contribution is -2.16. The van der Waals surface area contributed by atoms with Crippen LogP contribution in [0.4, 0.5) is 24.9 Å². The van der Waals surface area contributed by atoms with Crippen LogP contribution in [0.1, 0.15) is 50.1 Å². The fraction of sp³-hybridized carbons (Fsp3) is 0.400. The zero-order valence-corrected chi connectivity index (χ0v) is 16.1. The van der Waals surface area contributed by atoms with Crippen molar-refractivity contribution in [2.75, 3.05) is 11.1 Å². The fourth-order valence-electron chi connectivity index (χ4n) is 2.66. The van der Waals surface area contributed by atoms with E-state index in [2.05, 4.69) is 15.3 Å². The van der Waals surface area contributed by atoms with Crippen LogP contribution in [0, 0.1) is 6.92 Å². The van der Waals surface area contributed by atoms with E-state index in [0.29, 0.717) is 5.82 Å². The predicted molar refractivity (Wildman–Crippen MR) is 103 cm³/mol. The Kier molecular flexibility index (Phi) is 5.82. The van der Waals surface area contributed by atoms with Crippen LogP contribution < -0.4 is 11.1 Å². The van der Waals surface area contributed by atoms with E-state index < -0.39 is 17.2 Å². The summed E-state index contributed by atoms with van der Waals surface area (Å²) in [4.78, 5) is 8.47. The van der Waals surface area contributed by atoms with Gasteiger partial charge in [0.1, 0.15) is 5.82 Å². The molecule has 0 spiro atoms. The van der Waals surface area contributed by atoms with E-state index in [-0.39, 0.29) is 12.0 Å². The van der Waals surface area contributed by atoms with Crippen molar-refractivity contribution in [3.63, 3.8) is 0 Å². The summed E-state index contributed by atoms with van der Waals surface area (Å²) in [5.74, 6) is 0.823. The monoisotopic (exact) mass is 378 g/mol. The highest BCUT2D eigenvalue weighted by Gasteiger charge is 2.30. The molecule has 1 aromatic carbocycles. The SMILES string of the molecule is Cc1nc(N)nc(NC(C)C)c1/C=C/C(C)(C)c1ccc(C(F)(F)F)cc1. The van der Waals surface area contributed by atoms with Gasteiger partial charge >= 0.3 is 6.18 Å². The molecule has 0 bridgehead atoms. The molecule has 1 heterocycles. The van der Waals surface area contributed by atoms with Gasteiger partial charge in [-0.05, 0) is 38.5 Å². The van der Waals surface area contributed by atoms with Gasteiger partial charge in [-0.15, -0.1) is 0 Å². The van der Waals surface area contributed by atoms with Gasteiger partial charge in [0, 0.05) is 17.0 Å². The van der Waals surface area contributed by atoms with E-state index in [4.69, 9.17) is 5.73 Å². The second-order valence-corrected chi connectivity index (χ2v) is 7.36. The first-order chi connectivity index (χ1) is 12.4.